The zero-order valence-corrected chi connectivity index (χ0v) is 8.79. The average molecular weight is 204 g/mol. The number of aryl methyl sites for hydroxylation is 1. The van der Waals surface area contributed by atoms with Crippen molar-refractivity contribution in [3.8, 4) is 0 Å². The Morgan fingerprint density at radius 3 is 2.57 bits per heavy atom. The third-order valence-electron chi connectivity index (χ3n) is 2.30. The second kappa shape index (κ2) is 3.90. The van der Waals surface area contributed by atoms with Crippen LogP contribution in [-0.2, 0) is 0 Å². The van der Waals surface area contributed by atoms with Gasteiger partial charge in [0, 0.05) is 17.3 Å². The van der Waals surface area contributed by atoms with Crippen molar-refractivity contribution in [3.05, 3.63) is 52.0 Å². The molecule has 72 valence electrons. The van der Waals surface area contributed by atoms with E-state index < -0.39 is 0 Å². The Morgan fingerprint density at radius 1 is 1.29 bits per heavy atom. The first-order chi connectivity index (χ1) is 6.79. The van der Waals surface area contributed by atoms with Gasteiger partial charge in [-0.15, -0.1) is 11.3 Å². The molecule has 0 aliphatic rings. The lowest BCUT2D eigenvalue weighted by molar-refractivity contribution is 0.866. The predicted octanol–water partition coefficient (Wildman–Crippen LogP) is 2.50. The molecule has 0 aromatic carbocycles. The molecule has 14 heavy (non-hydrogen) atoms. The van der Waals surface area contributed by atoms with Crippen molar-refractivity contribution in [2.45, 2.75) is 13.0 Å². The Morgan fingerprint density at radius 2 is 2.00 bits per heavy atom. The van der Waals surface area contributed by atoms with Crippen molar-refractivity contribution in [2.75, 3.05) is 0 Å². The van der Waals surface area contributed by atoms with Crippen LogP contribution in [0.2, 0.25) is 0 Å². The molecule has 2 aromatic heterocycles. The Labute approximate surface area is 87.4 Å². The molecular weight excluding hydrogens is 192 g/mol. The number of thiophene rings is 1. The van der Waals surface area contributed by atoms with Gasteiger partial charge in [0.1, 0.15) is 0 Å². The summed E-state index contributed by atoms with van der Waals surface area (Å²) in [5.74, 6) is 0. The lowest BCUT2D eigenvalue weighted by Gasteiger charge is -2.11. The molecular formula is C11H12N2S. The van der Waals surface area contributed by atoms with E-state index >= 15 is 0 Å². The van der Waals surface area contributed by atoms with E-state index in [1.807, 2.05) is 12.1 Å². The second-order valence-corrected chi connectivity index (χ2v) is 4.31. The zero-order chi connectivity index (χ0) is 9.97. The smallest absolute Gasteiger partial charge is 0.0563 e. The molecule has 3 heteroatoms. The molecule has 0 bridgehead atoms. The van der Waals surface area contributed by atoms with Crippen LogP contribution in [0.3, 0.4) is 0 Å². The summed E-state index contributed by atoms with van der Waals surface area (Å²) in [7, 11) is 0. The van der Waals surface area contributed by atoms with E-state index in [1.165, 1.54) is 10.4 Å². The van der Waals surface area contributed by atoms with Crippen LogP contribution >= 0.6 is 11.3 Å². The number of hydrogen-bond acceptors (Lipinski definition) is 3. The van der Waals surface area contributed by atoms with Crippen LogP contribution in [0.4, 0.5) is 0 Å². The van der Waals surface area contributed by atoms with E-state index in [0.717, 1.165) is 5.56 Å². The van der Waals surface area contributed by atoms with Gasteiger partial charge in [-0.1, -0.05) is 0 Å². The molecule has 0 fully saturated rings. The molecule has 1 atom stereocenters. The maximum atomic E-state index is 6.14. The molecule has 0 saturated carbocycles. The molecule has 1 unspecified atom stereocenters. The van der Waals surface area contributed by atoms with Gasteiger partial charge in [-0.25, -0.2) is 0 Å². The molecule has 2 heterocycles. The molecule has 0 saturated heterocycles. The molecule has 2 N–H and O–H groups in total. The minimum absolute atomic E-state index is 0.0238. The highest BCUT2D eigenvalue weighted by Gasteiger charge is 2.11. The van der Waals surface area contributed by atoms with Crippen molar-refractivity contribution in [1.82, 2.24) is 4.98 Å². The molecule has 0 aliphatic heterocycles. The van der Waals surface area contributed by atoms with E-state index in [-0.39, 0.29) is 6.04 Å². The normalized spacial score (nSPS) is 12.7. The number of rotatable bonds is 2. The van der Waals surface area contributed by atoms with Gasteiger partial charge in [0.2, 0.25) is 0 Å². The minimum Gasteiger partial charge on any atom is -0.320 e. The fourth-order valence-corrected chi connectivity index (χ4v) is 2.22. The molecule has 0 amide bonds. The van der Waals surface area contributed by atoms with Crippen LogP contribution in [0.15, 0.2) is 36.0 Å². The van der Waals surface area contributed by atoms with Gasteiger partial charge in [-0.05, 0) is 41.6 Å². The van der Waals surface area contributed by atoms with Gasteiger partial charge >= 0.3 is 0 Å². The van der Waals surface area contributed by atoms with E-state index in [9.17, 15) is 0 Å². The Kier molecular flexibility index (Phi) is 2.61. The van der Waals surface area contributed by atoms with Crippen LogP contribution in [0.5, 0.6) is 0 Å². The van der Waals surface area contributed by atoms with E-state index in [0.29, 0.717) is 0 Å². The Balaban J connectivity index is 2.34. The van der Waals surface area contributed by atoms with Crippen molar-refractivity contribution in [3.63, 3.8) is 0 Å². The van der Waals surface area contributed by atoms with Gasteiger partial charge in [-0.3, -0.25) is 4.98 Å². The van der Waals surface area contributed by atoms with E-state index in [4.69, 9.17) is 5.73 Å². The minimum atomic E-state index is -0.0238. The SMILES string of the molecule is Cc1sccc1C(N)c1ccncc1. The Hall–Kier alpha value is -1.19. The van der Waals surface area contributed by atoms with Crippen molar-refractivity contribution in [2.24, 2.45) is 5.73 Å². The summed E-state index contributed by atoms with van der Waals surface area (Å²) in [6.45, 7) is 2.10. The third kappa shape index (κ3) is 1.69. The van der Waals surface area contributed by atoms with Crippen LogP contribution in [0, 0.1) is 6.92 Å². The molecule has 0 spiro atoms. The summed E-state index contributed by atoms with van der Waals surface area (Å²) in [5, 5.41) is 2.08. The van der Waals surface area contributed by atoms with E-state index in [2.05, 4.69) is 23.4 Å². The molecule has 2 rings (SSSR count). The van der Waals surface area contributed by atoms with Crippen molar-refractivity contribution < 1.29 is 0 Å². The number of aromatic nitrogens is 1. The molecule has 2 aromatic rings. The van der Waals surface area contributed by atoms with Crippen LogP contribution < -0.4 is 5.73 Å². The first-order valence-corrected chi connectivity index (χ1v) is 5.36. The predicted molar refractivity (Wildman–Crippen MR) is 59.3 cm³/mol. The number of nitrogens with two attached hydrogens (primary N) is 1. The topological polar surface area (TPSA) is 38.9 Å². The average Bonchev–Trinajstić information content (AvgIpc) is 2.65. The largest absolute Gasteiger partial charge is 0.320 e. The highest BCUT2D eigenvalue weighted by molar-refractivity contribution is 7.10. The lowest BCUT2D eigenvalue weighted by Crippen LogP contribution is -2.11. The maximum absolute atomic E-state index is 6.14. The van der Waals surface area contributed by atoms with Gasteiger partial charge in [-0.2, -0.15) is 0 Å². The summed E-state index contributed by atoms with van der Waals surface area (Å²) in [6, 6.07) is 5.98. The number of hydrogen-bond donors (Lipinski definition) is 1. The number of nitrogens with zero attached hydrogens (tertiary/aromatic N) is 1. The summed E-state index contributed by atoms with van der Waals surface area (Å²) >= 11 is 1.73. The zero-order valence-electron chi connectivity index (χ0n) is 7.97. The highest BCUT2D eigenvalue weighted by Crippen LogP contribution is 2.25. The summed E-state index contributed by atoms with van der Waals surface area (Å²) in [4.78, 5) is 5.26. The fraction of sp³-hybridized carbons (Fsp3) is 0.182. The summed E-state index contributed by atoms with van der Waals surface area (Å²) in [6.07, 6.45) is 3.55. The molecule has 2 nitrogen and oxygen atoms in total. The summed E-state index contributed by atoms with van der Waals surface area (Å²) < 4.78 is 0. The highest BCUT2D eigenvalue weighted by atomic mass is 32.1. The van der Waals surface area contributed by atoms with E-state index in [1.54, 1.807) is 23.7 Å². The van der Waals surface area contributed by atoms with Crippen molar-refractivity contribution in [1.29, 1.82) is 0 Å². The van der Waals surface area contributed by atoms with Crippen LogP contribution in [-0.4, -0.2) is 4.98 Å². The first-order valence-electron chi connectivity index (χ1n) is 4.48. The fourth-order valence-electron chi connectivity index (χ4n) is 1.47. The van der Waals surface area contributed by atoms with Crippen LogP contribution in [0.25, 0.3) is 0 Å². The number of pyridine rings is 1. The van der Waals surface area contributed by atoms with Gasteiger partial charge in [0.15, 0.2) is 0 Å². The Bertz CT molecular complexity index is 408. The lowest BCUT2D eigenvalue weighted by atomic mass is 10.0. The summed E-state index contributed by atoms with van der Waals surface area (Å²) in [5.41, 5.74) is 8.46. The molecule has 0 aliphatic carbocycles. The van der Waals surface area contributed by atoms with Gasteiger partial charge in [0.25, 0.3) is 0 Å². The third-order valence-corrected chi connectivity index (χ3v) is 3.16. The van der Waals surface area contributed by atoms with Crippen LogP contribution in [0.1, 0.15) is 22.0 Å². The standard InChI is InChI=1S/C11H12N2S/c1-8-10(4-7-14-8)11(12)9-2-5-13-6-3-9/h2-7,11H,12H2,1H3. The monoisotopic (exact) mass is 204 g/mol. The van der Waals surface area contributed by atoms with Gasteiger partial charge < -0.3 is 5.73 Å². The quantitative estimate of drug-likeness (QED) is 0.816. The maximum Gasteiger partial charge on any atom is 0.0563 e. The second-order valence-electron chi connectivity index (χ2n) is 3.19. The van der Waals surface area contributed by atoms with Crippen molar-refractivity contribution >= 4 is 11.3 Å². The molecule has 0 radical (unpaired) electrons. The first kappa shape index (κ1) is 9.37. The van der Waals surface area contributed by atoms with Gasteiger partial charge in [0.05, 0.1) is 6.04 Å².